The van der Waals surface area contributed by atoms with Crippen LogP contribution in [0.5, 0.6) is 23.0 Å². The average Bonchev–Trinajstić information content (AvgIpc) is 3.24. The van der Waals surface area contributed by atoms with E-state index in [-0.39, 0.29) is 6.79 Å². The van der Waals surface area contributed by atoms with E-state index in [2.05, 4.69) is 25.8 Å². The van der Waals surface area contributed by atoms with Gasteiger partial charge in [0, 0.05) is 13.1 Å². The molecule has 29 heavy (non-hydrogen) atoms. The van der Waals surface area contributed by atoms with Gasteiger partial charge < -0.3 is 29.6 Å². The Morgan fingerprint density at radius 2 is 1.66 bits per heavy atom. The highest BCUT2D eigenvalue weighted by Gasteiger charge is 2.13. The lowest BCUT2D eigenvalue weighted by atomic mass is 10.2. The van der Waals surface area contributed by atoms with Crippen LogP contribution in [-0.2, 0) is 13.1 Å². The van der Waals surface area contributed by atoms with E-state index in [1.807, 2.05) is 36.4 Å². The number of ether oxygens (including phenoxy) is 4. The van der Waals surface area contributed by atoms with Crippen LogP contribution in [-0.4, -0.2) is 36.2 Å². The summed E-state index contributed by atoms with van der Waals surface area (Å²) in [7, 11) is 3.22. The normalized spacial score (nSPS) is 11.8. The van der Waals surface area contributed by atoms with Gasteiger partial charge in [0.15, 0.2) is 28.8 Å². The third-order valence-corrected chi connectivity index (χ3v) is 4.37. The van der Waals surface area contributed by atoms with E-state index in [1.165, 1.54) is 0 Å². The van der Waals surface area contributed by atoms with E-state index < -0.39 is 0 Å². The monoisotopic (exact) mass is 395 g/mol. The lowest BCUT2D eigenvalue weighted by Gasteiger charge is -2.11. The lowest BCUT2D eigenvalue weighted by Crippen LogP contribution is -2.08. The summed E-state index contributed by atoms with van der Waals surface area (Å²) in [6.07, 6.45) is 1.58. The van der Waals surface area contributed by atoms with Crippen LogP contribution in [0, 0.1) is 0 Å². The minimum Gasteiger partial charge on any atom is -0.493 e. The minimum atomic E-state index is 0.257. The summed E-state index contributed by atoms with van der Waals surface area (Å²) < 4.78 is 21.3. The van der Waals surface area contributed by atoms with Crippen molar-refractivity contribution < 1.29 is 18.9 Å². The third kappa shape index (κ3) is 4.40. The van der Waals surface area contributed by atoms with Gasteiger partial charge in [0.1, 0.15) is 0 Å². The molecule has 0 spiro atoms. The molecule has 0 saturated carbocycles. The molecule has 0 unspecified atom stereocenters. The number of methoxy groups -OCH3 is 2. The molecular formula is C20H21N5O4. The lowest BCUT2D eigenvalue weighted by molar-refractivity contribution is 0.174. The van der Waals surface area contributed by atoms with Gasteiger partial charge in [-0.05, 0) is 35.4 Å². The first kappa shape index (κ1) is 18.6. The molecule has 1 aliphatic rings. The Morgan fingerprint density at radius 3 is 2.52 bits per heavy atom. The quantitative estimate of drug-likeness (QED) is 0.596. The Morgan fingerprint density at radius 1 is 0.897 bits per heavy atom. The SMILES string of the molecule is COc1ccc(CNc2cnnc(NCc3ccc4c(c3)OCO4)n2)cc1OC. The average molecular weight is 395 g/mol. The smallest absolute Gasteiger partial charge is 0.244 e. The molecule has 150 valence electrons. The van der Waals surface area contributed by atoms with E-state index in [1.54, 1.807) is 20.4 Å². The highest BCUT2D eigenvalue weighted by Crippen LogP contribution is 2.32. The Hall–Kier alpha value is -3.75. The van der Waals surface area contributed by atoms with Crippen molar-refractivity contribution in [2.45, 2.75) is 13.1 Å². The van der Waals surface area contributed by atoms with Crippen molar-refractivity contribution in [1.29, 1.82) is 0 Å². The Balaban J connectivity index is 1.36. The first-order valence-electron chi connectivity index (χ1n) is 9.02. The number of aromatic nitrogens is 3. The summed E-state index contributed by atoms with van der Waals surface area (Å²) in [5, 5.41) is 14.4. The van der Waals surface area contributed by atoms with Gasteiger partial charge in [-0.25, -0.2) is 0 Å². The molecular weight excluding hydrogens is 374 g/mol. The van der Waals surface area contributed by atoms with Crippen molar-refractivity contribution in [2.24, 2.45) is 0 Å². The van der Waals surface area contributed by atoms with Crippen LogP contribution >= 0.6 is 0 Å². The molecule has 4 rings (SSSR count). The van der Waals surface area contributed by atoms with E-state index in [0.29, 0.717) is 36.4 Å². The maximum absolute atomic E-state index is 5.39. The number of hydrogen-bond acceptors (Lipinski definition) is 9. The van der Waals surface area contributed by atoms with Crippen LogP contribution < -0.4 is 29.6 Å². The summed E-state index contributed by atoms with van der Waals surface area (Å²) in [6.45, 7) is 1.35. The van der Waals surface area contributed by atoms with Crippen molar-refractivity contribution in [2.75, 3.05) is 31.6 Å². The fourth-order valence-corrected chi connectivity index (χ4v) is 2.88. The Kier molecular flexibility index (Phi) is 5.46. The van der Waals surface area contributed by atoms with Crippen molar-refractivity contribution in [3.05, 3.63) is 53.7 Å². The number of nitrogens with one attached hydrogen (secondary N) is 2. The molecule has 3 aromatic rings. The molecule has 0 amide bonds. The van der Waals surface area contributed by atoms with Crippen LogP contribution in [0.15, 0.2) is 42.6 Å². The molecule has 2 heterocycles. The molecule has 9 heteroatoms. The maximum Gasteiger partial charge on any atom is 0.244 e. The van der Waals surface area contributed by atoms with Crippen molar-refractivity contribution in [3.63, 3.8) is 0 Å². The van der Waals surface area contributed by atoms with Crippen molar-refractivity contribution in [3.8, 4) is 23.0 Å². The minimum absolute atomic E-state index is 0.257. The van der Waals surface area contributed by atoms with Crippen LogP contribution in [0.4, 0.5) is 11.8 Å². The number of anilines is 2. The zero-order valence-corrected chi connectivity index (χ0v) is 16.1. The van der Waals surface area contributed by atoms with Crippen LogP contribution in [0.1, 0.15) is 11.1 Å². The Labute approximate surface area is 168 Å². The first-order valence-corrected chi connectivity index (χ1v) is 9.02. The van der Waals surface area contributed by atoms with E-state index in [4.69, 9.17) is 18.9 Å². The predicted molar refractivity (Wildman–Crippen MR) is 107 cm³/mol. The third-order valence-electron chi connectivity index (χ3n) is 4.37. The number of benzene rings is 2. The molecule has 0 saturated heterocycles. The number of fused-ring (bicyclic) bond motifs is 1. The fourth-order valence-electron chi connectivity index (χ4n) is 2.88. The molecule has 0 aliphatic carbocycles. The van der Waals surface area contributed by atoms with Gasteiger partial charge in [-0.3, -0.25) is 0 Å². The molecule has 2 N–H and O–H groups in total. The summed E-state index contributed by atoms with van der Waals surface area (Å²) >= 11 is 0. The molecule has 0 fully saturated rings. The summed E-state index contributed by atoms with van der Waals surface area (Å²) in [4.78, 5) is 4.44. The molecule has 0 bridgehead atoms. The number of nitrogens with zero attached hydrogens (tertiary/aromatic N) is 3. The molecule has 1 aliphatic heterocycles. The second kappa shape index (κ2) is 8.51. The van der Waals surface area contributed by atoms with Gasteiger partial charge in [0.25, 0.3) is 0 Å². The topological polar surface area (TPSA) is 99.7 Å². The standard InChI is InChI=1S/C20H21N5O4/c1-26-15-5-3-13(7-17(15)27-2)9-21-19-11-23-25-20(24-19)22-10-14-4-6-16-18(8-14)29-12-28-16/h3-8,11H,9-10,12H2,1-2H3,(H2,21,22,24,25). The van der Waals surface area contributed by atoms with E-state index >= 15 is 0 Å². The Bertz CT molecular complexity index is 998. The van der Waals surface area contributed by atoms with Crippen molar-refractivity contribution in [1.82, 2.24) is 15.2 Å². The zero-order chi connectivity index (χ0) is 20.1. The van der Waals surface area contributed by atoms with Crippen LogP contribution in [0.3, 0.4) is 0 Å². The van der Waals surface area contributed by atoms with Gasteiger partial charge in [0.05, 0.1) is 20.4 Å². The zero-order valence-electron chi connectivity index (χ0n) is 16.1. The molecule has 0 atom stereocenters. The first-order chi connectivity index (χ1) is 14.2. The molecule has 2 aromatic carbocycles. The van der Waals surface area contributed by atoms with Crippen molar-refractivity contribution >= 4 is 11.8 Å². The van der Waals surface area contributed by atoms with Gasteiger partial charge in [-0.15, -0.1) is 5.10 Å². The van der Waals surface area contributed by atoms with Crippen LogP contribution in [0.25, 0.3) is 0 Å². The largest absolute Gasteiger partial charge is 0.493 e. The second-order valence-electron chi connectivity index (χ2n) is 6.25. The number of hydrogen-bond donors (Lipinski definition) is 2. The molecule has 9 nitrogen and oxygen atoms in total. The van der Waals surface area contributed by atoms with E-state index in [0.717, 1.165) is 22.6 Å². The highest BCUT2D eigenvalue weighted by molar-refractivity contribution is 5.46. The molecule has 0 radical (unpaired) electrons. The second-order valence-corrected chi connectivity index (χ2v) is 6.25. The fraction of sp³-hybridized carbons (Fsp3) is 0.250. The summed E-state index contributed by atoms with van der Waals surface area (Å²) in [6, 6.07) is 11.5. The van der Waals surface area contributed by atoms with Gasteiger partial charge in [-0.1, -0.05) is 12.1 Å². The molecule has 1 aromatic heterocycles. The maximum atomic E-state index is 5.39. The highest BCUT2D eigenvalue weighted by atomic mass is 16.7. The summed E-state index contributed by atoms with van der Waals surface area (Å²) in [5.41, 5.74) is 2.05. The van der Waals surface area contributed by atoms with Gasteiger partial charge in [-0.2, -0.15) is 10.1 Å². The van der Waals surface area contributed by atoms with Gasteiger partial charge in [0.2, 0.25) is 12.7 Å². The number of rotatable bonds is 8. The summed E-state index contributed by atoms with van der Waals surface area (Å²) in [5.74, 6) is 3.92. The van der Waals surface area contributed by atoms with Gasteiger partial charge >= 0.3 is 0 Å². The van der Waals surface area contributed by atoms with E-state index in [9.17, 15) is 0 Å². The van der Waals surface area contributed by atoms with Crippen LogP contribution in [0.2, 0.25) is 0 Å². The predicted octanol–water partition coefficient (Wildman–Crippen LogP) is 2.84.